The lowest BCUT2D eigenvalue weighted by Crippen LogP contribution is -1.96. The van der Waals surface area contributed by atoms with E-state index in [2.05, 4.69) is 9.59 Å². The van der Waals surface area contributed by atoms with Crippen LogP contribution in [0.3, 0.4) is 0 Å². The predicted octanol–water partition coefficient (Wildman–Crippen LogP) is 0.874. The summed E-state index contributed by atoms with van der Waals surface area (Å²) in [6.45, 7) is 0.601. The highest BCUT2D eigenvalue weighted by Crippen LogP contribution is 2.40. The molecule has 0 bridgehead atoms. The van der Waals surface area contributed by atoms with E-state index in [-0.39, 0.29) is 0 Å². The Bertz CT molecular complexity index is 229. The summed E-state index contributed by atoms with van der Waals surface area (Å²) in [7, 11) is 0. The summed E-state index contributed by atoms with van der Waals surface area (Å²) in [4.78, 5) is 1.17. The molecule has 0 amide bonds. The van der Waals surface area contributed by atoms with Gasteiger partial charge in [0.05, 0.1) is 10.6 Å². The van der Waals surface area contributed by atoms with Crippen LogP contribution < -0.4 is 5.73 Å². The largest absolute Gasteiger partial charge is 0.326 e. The first kappa shape index (κ1) is 6.24. The van der Waals surface area contributed by atoms with E-state index in [1.54, 1.807) is 0 Å². The van der Waals surface area contributed by atoms with Gasteiger partial charge in [-0.1, -0.05) is 4.49 Å². The predicted molar refractivity (Wildman–Crippen MR) is 39.8 cm³/mol. The van der Waals surface area contributed by atoms with Crippen molar-refractivity contribution in [3.63, 3.8) is 0 Å². The molecule has 0 aliphatic heterocycles. The second-order valence-electron chi connectivity index (χ2n) is 2.56. The van der Waals surface area contributed by atoms with E-state index in [0.717, 1.165) is 5.69 Å². The van der Waals surface area contributed by atoms with E-state index in [0.29, 0.717) is 12.5 Å². The van der Waals surface area contributed by atoms with Gasteiger partial charge in [-0.3, -0.25) is 0 Å². The van der Waals surface area contributed by atoms with Crippen LogP contribution in [0.1, 0.15) is 29.3 Å². The lowest BCUT2D eigenvalue weighted by atomic mass is 10.2. The van der Waals surface area contributed by atoms with Crippen molar-refractivity contribution in [1.82, 2.24) is 9.59 Å². The van der Waals surface area contributed by atoms with Gasteiger partial charge in [-0.2, -0.15) is 0 Å². The zero-order valence-corrected chi connectivity index (χ0v) is 6.40. The Balaban J connectivity index is 2.28. The normalized spacial score (nSPS) is 17.7. The monoisotopic (exact) mass is 155 g/mol. The van der Waals surface area contributed by atoms with Gasteiger partial charge in [0.2, 0.25) is 0 Å². The number of nitrogens with zero attached hydrogens (tertiary/aromatic N) is 2. The van der Waals surface area contributed by atoms with Crippen LogP contribution in [-0.2, 0) is 6.54 Å². The smallest absolute Gasteiger partial charge is 0.0831 e. The number of hydrogen-bond acceptors (Lipinski definition) is 4. The fourth-order valence-electron chi connectivity index (χ4n) is 1.02. The maximum Gasteiger partial charge on any atom is 0.0831 e. The highest BCUT2D eigenvalue weighted by atomic mass is 32.1. The summed E-state index contributed by atoms with van der Waals surface area (Å²) < 4.78 is 3.87. The van der Waals surface area contributed by atoms with Crippen molar-refractivity contribution < 1.29 is 0 Å². The minimum atomic E-state index is 0.601. The molecule has 0 radical (unpaired) electrons. The molecule has 1 fully saturated rings. The number of aromatic nitrogens is 2. The van der Waals surface area contributed by atoms with Gasteiger partial charge in [0.15, 0.2) is 0 Å². The molecule has 0 unspecified atom stereocenters. The fourth-order valence-corrected chi connectivity index (χ4v) is 1.63. The van der Waals surface area contributed by atoms with Gasteiger partial charge in [-0.25, -0.2) is 0 Å². The van der Waals surface area contributed by atoms with Crippen molar-refractivity contribution in [2.45, 2.75) is 25.3 Å². The van der Waals surface area contributed by atoms with Crippen LogP contribution in [0.5, 0.6) is 0 Å². The third-order valence-corrected chi connectivity index (χ3v) is 2.49. The molecule has 0 saturated heterocycles. The van der Waals surface area contributed by atoms with E-state index in [9.17, 15) is 0 Å². The van der Waals surface area contributed by atoms with E-state index >= 15 is 0 Å². The number of rotatable bonds is 2. The highest BCUT2D eigenvalue weighted by Gasteiger charge is 2.28. The van der Waals surface area contributed by atoms with Crippen LogP contribution in [-0.4, -0.2) is 9.59 Å². The first-order chi connectivity index (χ1) is 4.92. The highest BCUT2D eigenvalue weighted by molar-refractivity contribution is 7.05. The molecule has 0 aromatic carbocycles. The van der Waals surface area contributed by atoms with Gasteiger partial charge in [-0.05, 0) is 24.4 Å². The Morgan fingerprint density at radius 1 is 1.60 bits per heavy atom. The van der Waals surface area contributed by atoms with Crippen LogP contribution in [0.2, 0.25) is 0 Å². The molecule has 1 aromatic rings. The van der Waals surface area contributed by atoms with Crippen molar-refractivity contribution in [1.29, 1.82) is 0 Å². The van der Waals surface area contributed by atoms with Crippen molar-refractivity contribution in [2.75, 3.05) is 0 Å². The van der Waals surface area contributed by atoms with E-state index in [1.165, 1.54) is 29.3 Å². The Labute approximate surface area is 63.4 Å². The van der Waals surface area contributed by atoms with Gasteiger partial charge in [-0.15, -0.1) is 5.10 Å². The summed E-state index contributed by atoms with van der Waals surface area (Å²) >= 11 is 1.43. The summed E-state index contributed by atoms with van der Waals surface area (Å²) in [6, 6.07) is 0. The number of hydrogen-bond donors (Lipinski definition) is 1. The molecule has 1 aromatic heterocycles. The molecule has 1 saturated carbocycles. The Hall–Kier alpha value is -0.480. The molecule has 1 aliphatic rings. The summed E-state index contributed by atoms with van der Waals surface area (Å²) in [5.41, 5.74) is 6.65. The van der Waals surface area contributed by atoms with Crippen LogP contribution in [0, 0.1) is 0 Å². The van der Waals surface area contributed by atoms with Crippen LogP contribution in [0.15, 0.2) is 0 Å². The van der Waals surface area contributed by atoms with E-state index in [4.69, 9.17) is 5.73 Å². The average Bonchev–Trinajstić information content (AvgIpc) is 2.69. The maximum atomic E-state index is 5.49. The van der Waals surface area contributed by atoms with Crippen molar-refractivity contribution >= 4 is 11.5 Å². The van der Waals surface area contributed by atoms with Gasteiger partial charge in [0.25, 0.3) is 0 Å². The molecule has 4 heteroatoms. The summed E-state index contributed by atoms with van der Waals surface area (Å²) in [6.07, 6.45) is 2.55. The molecular weight excluding hydrogens is 146 g/mol. The quantitative estimate of drug-likeness (QED) is 0.689. The topological polar surface area (TPSA) is 51.8 Å². The molecule has 0 spiro atoms. The minimum absolute atomic E-state index is 0.601. The lowest BCUT2D eigenvalue weighted by Gasteiger charge is -1.91. The van der Waals surface area contributed by atoms with Gasteiger partial charge < -0.3 is 5.73 Å². The number of nitrogens with two attached hydrogens (primary N) is 1. The van der Waals surface area contributed by atoms with Crippen molar-refractivity contribution in [3.8, 4) is 0 Å². The average molecular weight is 155 g/mol. The molecule has 54 valence electrons. The third-order valence-electron chi connectivity index (χ3n) is 1.73. The molecule has 1 heterocycles. The minimum Gasteiger partial charge on any atom is -0.326 e. The van der Waals surface area contributed by atoms with E-state index < -0.39 is 0 Å². The van der Waals surface area contributed by atoms with Gasteiger partial charge in [0, 0.05) is 12.5 Å². The zero-order chi connectivity index (χ0) is 6.97. The first-order valence-corrected chi connectivity index (χ1v) is 4.20. The van der Waals surface area contributed by atoms with Crippen LogP contribution in [0.4, 0.5) is 0 Å². The molecule has 1 aliphatic carbocycles. The Morgan fingerprint density at radius 3 is 3.00 bits per heavy atom. The zero-order valence-electron chi connectivity index (χ0n) is 5.58. The Morgan fingerprint density at radius 2 is 2.40 bits per heavy atom. The van der Waals surface area contributed by atoms with Gasteiger partial charge in [0.1, 0.15) is 0 Å². The molecule has 0 atom stereocenters. The second-order valence-corrected chi connectivity index (χ2v) is 3.40. The Kier molecular flexibility index (Phi) is 1.43. The maximum absolute atomic E-state index is 5.49. The lowest BCUT2D eigenvalue weighted by molar-refractivity contribution is 0.939. The SMILES string of the molecule is NCc1snnc1C1CC1. The first-order valence-electron chi connectivity index (χ1n) is 3.43. The third kappa shape index (κ3) is 0.932. The standard InChI is InChI=1S/C6H9N3S/c7-3-5-6(4-1-2-4)8-9-10-5/h4H,1-3,7H2. The molecule has 10 heavy (non-hydrogen) atoms. The van der Waals surface area contributed by atoms with Crippen LogP contribution in [0.25, 0.3) is 0 Å². The molecular formula is C6H9N3S. The van der Waals surface area contributed by atoms with Crippen molar-refractivity contribution in [2.24, 2.45) is 5.73 Å². The molecule has 2 rings (SSSR count). The second kappa shape index (κ2) is 2.29. The van der Waals surface area contributed by atoms with E-state index in [1.807, 2.05) is 0 Å². The molecule has 3 nitrogen and oxygen atoms in total. The summed E-state index contributed by atoms with van der Waals surface area (Å²) in [5, 5.41) is 4.04. The van der Waals surface area contributed by atoms with Crippen LogP contribution >= 0.6 is 11.5 Å². The summed E-state index contributed by atoms with van der Waals surface area (Å²) in [5.74, 6) is 0.692. The van der Waals surface area contributed by atoms with Gasteiger partial charge >= 0.3 is 0 Å². The molecule has 2 N–H and O–H groups in total. The van der Waals surface area contributed by atoms with Crippen molar-refractivity contribution in [3.05, 3.63) is 10.6 Å². The fraction of sp³-hybridized carbons (Fsp3) is 0.667.